The van der Waals surface area contributed by atoms with E-state index in [1.807, 2.05) is 13.8 Å². The number of benzene rings is 1. The normalized spacial score (nSPS) is 10.8. The molecule has 0 spiro atoms. The van der Waals surface area contributed by atoms with Crippen molar-refractivity contribution in [2.45, 2.75) is 19.8 Å². The number of rotatable bonds is 3. The Morgan fingerprint density at radius 1 is 1.35 bits per heavy atom. The first kappa shape index (κ1) is 11.5. The van der Waals surface area contributed by atoms with Gasteiger partial charge < -0.3 is 0 Å². The SMILES string of the molecule is CC(C)c1cc(C=O)nn1-c1ccccc1F. The zero-order chi connectivity index (χ0) is 12.4. The summed E-state index contributed by atoms with van der Waals surface area (Å²) in [5.41, 5.74) is 1.50. The molecule has 4 heteroatoms. The fourth-order valence-corrected chi connectivity index (χ4v) is 1.70. The molecule has 0 bridgehead atoms. The lowest BCUT2D eigenvalue weighted by Crippen LogP contribution is -2.05. The first-order valence-electron chi connectivity index (χ1n) is 5.43. The molecule has 0 atom stereocenters. The molecule has 0 aliphatic carbocycles. The van der Waals surface area contributed by atoms with E-state index in [-0.39, 0.29) is 11.7 Å². The molecular weight excluding hydrogens is 219 g/mol. The molecule has 0 saturated carbocycles. The number of carbonyl (C=O) groups excluding carboxylic acids is 1. The fourth-order valence-electron chi connectivity index (χ4n) is 1.70. The quantitative estimate of drug-likeness (QED) is 0.762. The number of carbonyl (C=O) groups is 1. The highest BCUT2D eigenvalue weighted by molar-refractivity contribution is 5.72. The third-order valence-corrected chi connectivity index (χ3v) is 2.55. The Labute approximate surface area is 98.9 Å². The molecule has 88 valence electrons. The smallest absolute Gasteiger partial charge is 0.170 e. The van der Waals surface area contributed by atoms with Crippen LogP contribution in [0.3, 0.4) is 0 Å². The van der Waals surface area contributed by atoms with E-state index < -0.39 is 0 Å². The fraction of sp³-hybridized carbons (Fsp3) is 0.231. The van der Waals surface area contributed by atoms with Crippen molar-refractivity contribution >= 4 is 6.29 Å². The van der Waals surface area contributed by atoms with Crippen LogP contribution in [0.5, 0.6) is 0 Å². The highest BCUT2D eigenvalue weighted by Crippen LogP contribution is 2.21. The summed E-state index contributed by atoms with van der Waals surface area (Å²) in [6, 6.07) is 8.07. The summed E-state index contributed by atoms with van der Waals surface area (Å²) in [6.45, 7) is 3.95. The molecule has 2 aromatic rings. The van der Waals surface area contributed by atoms with Crippen LogP contribution in [0.15, 0.2) is 30.3 Å². The largest absolute Gasteiger partial charge is 0.296 e. The number of para-hydroxylation sites is 1. The summed E-state index contributed by atoms with van der Waals surface area (Å²) in [5.74, 6) is -0.189. The maximum atomic E-state index is 13.7. The second kappa shape index (κ2) is 4.49. The van der Waals surface area contributed by atoms with Crippen LogP contribution < -0.4 is 0 Å². The number of hydrogen-bond acceptors (Lipinski definition) is 2. The average molecular weight is 232 g/mol. The molecule has 0 unspecified atom stereocenters. The molecule has 0 saturated heterocycles. The lowest BCUT2D eigenvalue weighted by molar-refractivity contribution is 0.111. The number of aldehydes is 1. The summed E-state index contributed by atoms with van der Waals surface area (Å²) < 4.78 is 15.2. The average Bonchev–Trinajstić information content (AvgIpc) is 2.73. The van der Waals surface area contributed by atoms with Crippen LogP contribution in [0, 0.1) is 5.82 Å². The molecule has 0 fully saturated rings. The predicted molar refractivity (Wildman–Crippen MR) is 63.0 cm³/mol. The van der Waals surface area contributed by atoms with E-state index in [1.54, 1.807) is 24.3 Å². The van der Waals surface area contributed by atoms with Gasteiger partial charge in [0.1, 0.15) is 17.2 Å². The summed E-state index contributed by atoms with van der Waals surface area (Å²) in [6.07, 6.45) is 0.670. The highest BCUT2D eigenvalue weighted by atomic mass is 19.1. The first-order chi connectivity index (χ1) is 8.13. The maximum absolute atomic E-state index is 13.7. The lowest BCUT2D eigenvalue weighted by atomic mass is 10.1. The van der Waals surface area contributed by atoms with Gasteiger partial charge in [-0.25, -0.2) is 9.07 Å². The van der Waals surface area contributed by atoms with Crippen LogP contribution in [0.4, 0.5) is 4.39 Å². The Bertz CT molecular complexity index is 546. The van der Waals surface area contributed by atoms with Crippen molar-refractivity contribution in [3.63, 3.8) is 0 Å². The van der Waals surface area contributed by atoms with Crippen molar-refractivity contribution in [1.29, 1.82) is 0 Å². The summed E-state index contributed by atoms with van der Waals surface area (Å²) in [5, 5.41) is 4.09. The van der Waals surface area contributed by atoms with E-state index in [4.69, 9.17) is 0 Å². The van der Waals surface area contributed by atoms with Gasteiger partial charge in [-0.1, -0.05) is 26.0 Å². The van der Waals surface area contributed by atoms with Crippen molar-refractivity contribution in [2.24, 2.45) is 0 Å². The molecule has 0 aliphatic rings. The zero-order valence-electron chi connectivity index (χ0n) is 9.72. The van der Waals surface area contributed by atoms with Crippen molar-refractivity contribution in [3.05, 3.63) is 47.5 Å². The maximum Gasteiger partial charge on any atom is 0.170 e. The van der Waals surface area contributed by atoms with Crippen molar-refractivity contribution in [3.8, 4) is 5.69 Å². The minimum absolute atomic E-state index is 0.163. The Morgan fingerprint density at radius 3 is 2.65 bits per heavy atom. The summed E-state index contributed by atoms with van der Waals surface area (Å²) in [7, 11) is 0. The van der Waals surface area contributed by atoms with Gasteiger partial charge in [-0.2, -0.15) is 5.10 Å². The van der Waals surface area contributed by atoms with E-state index >= 15 is 0 Å². The minimum Gasteiger partial charge on any atom is -0.296 e. The van der Waals surface area contributed by atoms with E-state index in [1.165, 1.54) is 10.7 Å². The Hall–Kier alpha value is -1.97. The molecule has 0 radical (unpaired) electrons. The molecule has 1 aromatic carbocycles. The molecular formula is C13H13FN2O. The van der Waals surface area contributed by atoms with Crippen LogP contribution in [0.2, 0.25) is 0 Å². The van der Waals surface area contributed by atoms with Crippen LogP contribution in [0.25, 0.3) is 5.69 Å². The third kappa shape index (κ3) is 2.11. The van der Waals surface area contributed by atoms with Crippen LogP contribution in [-0.2, 0) is 0 Å². The van der Waals surface area contributed by atoms with Crippen LogP contribution in [0.1, 0.15) is 35.9 Å². The second-order valence-electron chi connectivity index (χ2n) is 4.13. The molecule has 0 N–H and O–H groups in total. The van der Waals surface area contributed by atoms with Gasteiger partial charge >= 0.3 is 0 Å². The van der Waals surface area contributed by atoms with Crippen molar-refractivity contribution in [2.75, 3.05) is 0 Å². The van der Waals surface area contributed by atoms with Gasteiger partial charge in [0.2, 0.25) is 0 Å². The van der Waals surface area contributed by atoms with Gasteiger partial charge in [0.05, 0.1) is 0 Å². The standard InChI is InChI=1S/C13H13FN2O/c1-9(2)13-7-10(8-17)15-16(13)12-6-4-3-5-11(12)14/h3-9H,1-2H3. The Kier molecular flexibility index (Phi) is 3.04. The zero-order valence-corrected chi connectivity index (χ0v) is 9.72. The summed E-state index contributed by atoms with van der Waals surface area (Å²) >= 11 is 0. The van der Waals surface area contributed by atoms with Gasteiger partial charge in [0.25, 0.3) is 0 Å². The van der Waals surface area contributed by atoms with E-state index in [0.29, 0.717) is 17.7 Å². The van der Waals surface area contributed by atoms with Crippen LogP contribution in [-0.4, -0.2) is 16.1 Å². The molecule has 3 nitrogen and oxygen atoms in total. The molecule has 0 aliphatic heterocycles. The monoisotopic (exact) mass is 232 g/mol. The number of halogens is 1. The minimum atomic E-state index is -0.352. The Balaban J connectivity index is 2.62. The molecule has 1 heterocycles. The van der Waals surface area contributed by atoms with E-state index in [9.17, 15) is 9.18 Å². The molecule has 2 rings (SSSR count). The first-order valence-corrected chi connectivity index (χ1v) is 5.43. The van der Waals surface area contributed by atoms with Gasteiger partial charge in [-0.05, 0) is 24.1 Å². The lowest BCUT2D eigenvalue weighted by Gasteiger charge is -2.10. The van der Waals surface area contributed by atoms with Crippen molar-refractivity contribution in [1.82, 2.24) is 9.78 Å². The van der Waals surface area contributed by atoms with E-state index in [0.717, 1.165) is 5.69 Å². The predicted octanol–water partition coefficient (Wildman–Crippen LogP) is 2.95. The topological polar surface area (TPSA) is 34.9 Å². The highest BCUT2D eigenvalue weighted by Gasteiger charge is 2.14. The molecule has 1 aromatic heterocycles. The third-order valence-electron chi connectivity index (χ3n) is 2.55. The Morgan fingerprint density at radius 2 is 2.06 bits per heavy atom. The van der Waals surface area contributed by atoms with Crippen molar-refractivity contribution < 1.29 is 9.18 Å². The van der Waals surface area contributed by atoms with Gasteiger partial charge in [0.15, 0.2) is 6.29 Å². The number of aromatic nitrogens is 2. The van der Waals surface area contributed by atoms with Crippen LogP contribution >= 0.6 is 0 Å². The molecule has 17 heavy (non-hydrogen) atoms. The number of nitrogens with zero attached hydrogens (tertiary/aromatic N) is 2. The van der Waals surface area contributed by atoms with Gasteiger partial charge in [-0.3, -0.25) is 4.79 Å². The number of hydrogen-bond donors (Lipinski definition) is 0. The second-order valence-corrected chi connectivity index (χ2v) is 4.13. The molecule has 0 amide bonds. The summed E-state index contributed by atoms with van der Waals surface area (Å²) in [4.78, 5) is 10.7. The van der Waals surface area contributed by atoms with E-state index in [2.05, 4.69) is 5.10 Å². The van der Waals surface area contributed by atoms with Gasteiger partial charge in [0, 0.05) is 5.69 Å². The van der Waals surface area contributed by atoms with Gasteiger partial charge in [-0.15, -0.1) is 0 Å².